The number of anilines is 1. The molecular weight excluding hydrogens is 412 g/mol. The van der Waals surface area contributed by atoms with Crippen LogP contribution in [-0.4, -0.2) is 33.7 Å². The highest BCUT2D eigenvalue weighted by Gasteiger charge is 2.23. The van der Waals surface area contributed by atoms with Crippen molar-refractivity contribution in [2.24, 2.45) is 0 Å². The summed E-state index contributed by atoms with van der Waals surface area (Å²) in [5.74, 6) is 0.325. The maximum atomic E-state index is 12.8. The van der Waals surface area contributed by atoms with Gasteiger partial charge >= 0.3 is 0 Å². The van der Waals surface area contributed by atoms with E-state index in [0.717, 1.165) is 35.4 Å². The predicted molar refractivity (Wildman–Crippen MR) is 124 cm³/mol. The van der Waals surface area contributed by atoms with Crippen LogP contribution < -0.4 is 14.4 Å². The molecule has 1 unspecified atom stereocenters. The van der Waals surface area contributed by atoms with Gasteiger partial charge in [-0.1, -0.05) is 25.1 Å². The van der Waals surface area contributed by atoms with Crippen LogP contribution in [0.1, 0.15) is 55.8 Å². The van der Waals surface area contributed by atoms with E-state index in [1.807, 2.05) is 13.8 Å². The summed E-state index contributed by atoms with van der Waals surface area (Å²) in [6.07, 6.45) is 6.46. The number of aryl methyl sites for hydroxylation is 2. The molecule has 1 amide bonds. The molecule has 1 atom stereocenters. The Morgan fingerprint density at radius 3 is 2.35 bits per heavy atom. The molecular formula is C24H32N2O4S. The van der Waals surface area contributed by atoms with Gasteiger partial charge in [0.05, 0.1) is 24.6 Å². The quantitative estimate of drug-likeness (QED) is 0.634. The van der Waals surface area contributed by atoms with E-state index in [2.05, 4.69) is 23.5 Å². The SMILES string of the molecule is CCOc1ccc(N(CC(=O)NC(CC)c2ccc3c(c2)CCCC3)S(C)(=O)=O)cc1. The molecule has 0 saturated heterocycles. The topological polar surface area (TPSA) is 75.7 Å². The average molecular weight is 445 g/mol. The number of rotatable bonds is 9. The van der Waals surface area contributed by atoms with Crippen LogP contribution in [0.4, 0.5) is 5.69 Å². The summed E-state index contributed by atoms with van der Waals surface area (Å²) in [5.41, 5.74) is 4.27. The second-order valence-electron chi connectivity index (χ2n) is 7.96. The highest BCUT2D eigenvalue weighted by atomic mass is 32.2. The van der Waals surface area contributed by atoms with E-state index >= 15 is 0 Å². The predicted octanol–water partition coefficient (Wildman–Crippen LogP) is 4.00. The minimum absolute atomic E-state index is 0.151. The number of hydrogen-bond donors (Lipinski definition) is 1. The number of sulfonamides is 1. The van der Waals surface area contributed by atoms with Crippen molar-refractivity contribution in [3.63, 3.8) is 0 Å². The molecule has 168 valence electrons. The van der Waals surface area contributed by atoms with Crippen LogP contribution in [0.3, 0.4) is 0 Å². The molecule has 3 rings (SSSR count). The fourth-order valence-corrected chi connectivity index (χ4v) is 4.89. The molecule has 0 aliphatic heterocycles. The van der Waals surface area contributed by atoms with Crippen LogP contribution in [0, 0.1) is 0 Å². The van der Waals surface area contributed by atoms with Gasteiger partial charge in [-0.3, -0.25) is 9.10 Å². The Morgan fingerprint density at radius 1 is 1.06 bits per heavy atom. The molecule has 0 aromatic heterocycles. The summed E-state index contributed by atoms with van der Waals surface area (Å²) in [6.45, 7) is 4.16. The third kappa shape index (κ3) is 6.00. The van der Waals surface area contributed by atoms with E-state index in [9.17, 15) is 13.2 Å². The standard InChI is InChI=1S/C24H32N2O4S/c1-4-23(20-11-10-18-8-6-7-9-19(18)16-20)25-24(27)17-26(31(3,28)29)21-12-14-22(15-13-21)30-5-2/h10-16,23H,4-9,17H2,1-3H3,(H,25,27). The van der Waals surface area contributed by atoms with Gasteiger partial charge in [-0.05, 0) is 80.0 Å². The van der Waals surface area contributed by atoms with Gasteiger partial charge in [-0.2, -0.15) is 0 Å². The van der Waals surface area contributed by atoms with Crippen LogP contribution in [0.2, 0.25) is 0 Å². The van der Waals surface area contributed by atoms with E-state index < -0.39 is 10.0 Å². The maximum Gasteiger partial charge on any atom is 0.241 e. The number of ether oxygens (including phenoxy) is 1. The summed E-state index contributed by atoms with van der Waals surface area (Å²) in [7, 11) is -3.63. The third-order valence-corrected chi connectivity index (χ3v) is 6.78. The zero-order valence-electron chi connectivity index (χ0n) is 18.6. The lowest BCUT2D eigenvalue weighted by atomic mass is 9.89. The fraction of sp³-hybridized carbons (Fsp3) is 0.458. The van der Waals surface area contributed by atoms with Crippen molar-refractivity contribution >= 4 is 21.6 Å². The molecule has 0 spiro atoms. The summed E-state index contributed by atoms with van der Waals surface area (Å²) in [5, 5.41) is 3.02. The lowest BCUT2D eigenvalue weighted by Gasteiger charge is -2.25. The molecule has 31 heavy (non-hydrogen) atoms. The first kappa shape index (κ1) is 23.1. The Hall–Kier alpha value is -2.54. The first-order valence-corrected chi connectivity index (χ1v) is 12.8. The van der Waals surface area contributed by atoms with E-state index in [-0.39, 0.29) is 18.5 Å². The molecule has 2 aromatic rings. The monoisotopic (exact) mass is 444 g/mol. The fourth-order valence-electron chi connectivity index (χ4n) is 4.04. The van der Waals surface area contributed by atoms with Crippen molar-refractivity contribution in [3.05, 3.63) is 59.2 Å². The third-order valence-electron chi connectivity index (χ3n) is 5.64. The molecule has 2 aromatic carbocycles. The molecule has 0 bridgehead atoms. The Bertz CT molecular complexity index is 1000. The second-order valence-corrected chi connectivity index (χ2v) is 9.87. The minimum Gasteiger partial charge on any atom is -0.494 e. The Kier molecular flexibility index (Phi) is 7.59. The molecule has 7 heteroatoms. The van der Waals surface area contributed by atoms with Gasteiger partial charge < -0.3 is 10.1 Å². The van der Waals surface area contributed by atoms with Gasteiger partial charge in [0.2, 0.25) is 15.9 Å². The second kappa shape index (κ2) is 10.2. The van der Waals surface area contributed by atoms with Crippen molar-refractivity contribution in [2.75, 3.05) is 23.7 Å². The molecule has 0 heterocycles. The van der Waals surface area contributed by atoms with Crippen LogP contribution in [0.5, 0.6) is 5.75 Å². The number of fused-ring (bicyclic) bond motifs is 1. The van der Waals surface area contributed by atoms with E-state index in [1.54, 1.807) is 24.3 Å². The first-order chi connectivity index (χ1) is 14.8. The summed E-state index contributed by atoms with van der Waals surface area (Å²) in [4.78, 5) is 12.8. The van der Waals surface area contributed by atoms with Crippen LogP contribution >= 0.6 is 0 Å². The van der Waals surface area contributed by atoms with E-state index in [1.165, 1.54) is 24.0 Å². The number of benzene rings is 2. The van der Waals surface area contributed by atoms with Crippen molar-refractivity contribution in [1.82, 2.24) is 5.32 Å². The normalized spacial score (nSPS) is 14.4. The van der Waals surface area contributed by atoms with Gasteiger partial charge in [0, 0.05) is 0 Å². The summed E-state index contributed by atoms with van der Waals surface area (Å²) < 4.78 is 31.3. The smallest absolute Gasteiger partial charge is 0.241 e. The lowest BCUT2D eigenvalue weighted by Crippen LogP contribution is -2.41. The number of amides is 1. The number of hydrogen-bond acceptors (Lipinski definition) is 4. The van der Waals surface area contributed by atoms with Crippen molar-refractivity contribution < 1.29 is 17.9 Å². The first-order valence-electron chi connectivity index (χ1n) is 10.9. The molecule has 6 nitrogen and oxygen atoms in total. The lowest BCUT2D eigenvalue weighted by molar-refractivity contribution is -0.120. The number of nitrogens with zero attached hydrogens (tertiary/aromatic N) is 1. The van der Waals surface area contributed by atoms with Crippen molar-refractivity contribution in [1.29, 1.82) is 0 Å². The van der Waals surface area contributed by atoms with Gasteiger partial charge in [0.25, 0.3) is 0 Å². The Morgan fingerprint density at radius 2 is 1.74 bits per heavy atom. The van der Waals surface area contributed by atoms with Crippen LogP contribution in [-0.2, 0) is 27.7 Å². The summed E-state index contributed by atoms with van der Waals surface area (Å²) >= 11 is 0. The minimum atomic E-state index is -3.63. The van der Waals surface area contributed by atoms with Gasteiger partial charge in [-0.25, -0.2) is 8.42 Å². The van der Waals surface area contributed by atoms with E-state index in [0.29, 0.717) is 18.0 Å². The molecule has 1 aliphatic carbocycles. The molecule has 0 saturated carbocycles. The maximum absolute atomic E-state index is 12.8. The highest BCUT2D eigenvalue weighted by molar-refractivity contribution is 7.92. The van der Waals surface area contributed by atoms with Crippen LogP contribution in [0.15, 0.2) is 42.5 Å². The molecule has 0 fully saturated rings. The van der Waals surface area contributed by atoms with Crippen LogP contribution in [0.25, 0.3) is 0 Å². The van der Waals surface area contributed by atoms with Gasteiger partial charge in [0.15, 0.2) is 0 Å². The summed E-state index contributed by atoms with van der Waals surface area (Å²) in [6, 6.07) is 13.0. The van der Waals surface area contributed by atoms with Gasteiger partial charge in [0.1, 0.15) is 12.3 Å². The number of nitrogens with one attached hydrogen (secondary N) is 1. The zero-order valence-corrected chi connectivity index (χ0v) is 19.4. The average Bonchev–Trinajstić information content (AvgIpc) is 2.75. The van der Waals surface area contributed by atoms with Crippen molar-refractivity contribution in [2.45, 2.75) is 52.0 Å². The van der Waals surface area contributed by atoms with Gasteiger partial charge in [-0.15, -0.1) is 0 Å². The molecule has 1 N–H and O–H groups in total. The number of carbonyl (C=O) groups is 1. The Labute approximate surface area is 185 Å². The highest BCUT2D eigenvalue weighted by Crippen LogP contribution is 2.26. The largest absolute Gasteiger partial charge is 0.494 e. The molecule has 1 aliphatic rings. The Balaban J connectivity index is 1.73. The van der Waals surface area contributed by atoms with E-state index in [4.69, 9.17) is 4.74 Å². The molecule has 0 radical (unpaired) electrons. The zero-order chi connectivity index (χ0) is 22.4. The van der Waals surface area contributed by atoms with Crippen molar-refractivity contribution in [3.8, 4) is 5.75 Å². The number of carbonyl (C=O) groups excluding carboxylic acids is 1.